The lowest BCUT2D eigenvalue weighted by atomic mass is 9.96. The number of benzene rings is 2. The number of anilines is 1. The largest absolute Gasteiger partial charge is 0.496 e. The van der Waals surface area contributed by atoms with Crippen LogP contribution in [0.2, 0.25) is 0 Å². The van der Waals surface area contributed by atoms with Gasteiger partial charge in [0.15, 0.2) is 0 Å². The molecule has 1 aliphatic heterocycles. The first kappa shape index (κ1) is 19.9. The maximum atomic E-state index is 12.7. The molecule has 2 aliphatic rings. The number of nitrogens with one attached hydrogen (secondary N) is 2. The molecule has 156 valence electrons. The molecule has 1 atom stereocenters. The summed E-state index contributed by atoms with van der Waals surface area (Å²) in [6, 6.07) is 14.8. The molecule has 2 N–H and O–H groups in total. The summed E-state index contributed by atoms with van der Waals surface area (Å²) in [7, 11) is 1.61. The molecular weight excluding hydrogens is 382 g/mol. The molecule has 2 fully saturated rings. The first-order valence-corrected chi connectivity index (χ1v) is 10.1. The standard InChI is InChI=1S/C23H25N3O4/c1-23(17-8-9-17)21(28)26(22(29)25-23)14-20(27)24-18-10-11-19(30-2)16(13-18)12-15-6-4-3-5-7-15/h3-7,10-11,13,17H,8-9,12,14H2,1-2H3,(H,24,27)(H,25,29). The molecule has 0 aromatic heterocycles. The van der Waals surface area contributed by atoms with Crippen molar-refractivity contribution in [1.29, 1.82) is 0 Å². The Labute approximate surface area is 175 Å². The van der Waals surface area contributed by atoms with E-state index in [2.05, 4.69) is 10.6 Å². The third-order valence-electron chi connectivity index (χ3n) is 5.80. The molecule has 30 heavy (non-hydrogen) atoms. The number of nitrogens with zero attached hydrogens (tertiary/aromatic N) is 1. The lowest BCUT2D eigenvalue weighted by Crippen LogP contribution is -2.46. The summed E-state index contributed by atoms with van der Waals surface area (Å²) in [6.07, 6.45) is 2.48. The van der Waals surface area contributed by atoms with E-state index in [0.29, 0.717) is 12.1 Å². The van der Waals surface area contributed by atoms with E-state index >= 15 is 0 Å². The number of rotatable bonds is 7. The number of hydrogen-bond donors (Lipinski definition) is 2. The van der Waals surface area contributed by atoms with Gasteiger partial charge in [0, 0.05) is 17.7 Å². The van der Waals surface area contributed by atoms with Crippen molar-refractivity contribution in [2.45, 2.75) is 31.7 Å². The number of amides is 4. The molecule has 2 aromatic carbocycles. The van der Waals surface area contributed by atoms with E-state index in [4.69, 9.17) is 4.74 Å². The van der Waals surface area contributed by atoms with Crippen LogP contribution in [0, 0.1) is 5.92 Å². The van der Waals surface area contributed by atoms with Crippen LogP contribution in [0.5, 0.6) is 5.75 Å². The summed E-state index contributed by atoms with van der Waals surface area (Å²) < 4.78 is 5.45. The zero-order valence-electron chi connectivity index (χ0n) is 17.1. The number of carbonyl (C=O) groups excluding carboxylic acids is 3. The van der Waals surface area contributed by atoms with Gasteiger partial charge < -0.3 is 15.4 Å². The monoisotopic (exact) mass is 407 g/mol. The van der Waals surface area contributed by atoms with Crippen molar-refractivity contribution in [1.82, 2.24) is 10.2 Å². The minimum Gasteiger partial charge on any atom is -0.496 e. The molecule has 1 saturated heterocycles. The average Bonchev–Trinajstić information content (AvgIpc) is 3.55. The maximum absolute atomic E-state index is 12.7. The number of ether oxygens (including phenoxy) is 1. The van der Waals surface area contributed by atoms with Gasteiger partial charge in [-0.2, -0.15) is 0 Å². The van der Waals surface area contributed by atoms with Gasteiger partial charge in [-0.05, 0) is 49.4 Å². The third kappa shape index (κ3) is 3.87. The van der Waals surface area contributed by atoms with Crippen LogP contribution in [0.15, 0.2) is 48.5 Å². The highest BCUT2D eigenvalue weighted by molar-refractivity contribution is 6.10. The second kappa shape index (κ2) is 7.82. The van der Waals surface area contributed by atoms with Crippen LogP contribution in [0.3, 0.4) is 0 Å². The minimum absolute atomic E-state index is 0.157. The van der Waals surface area contributed by atoms with Crippen molar-refractivity contribution in [3.63, 3.8) is 0 Å². The minimum atomic E-state index is -0.889. The quantitative estimate of drug-likeness (QED) is 0.691. The van der Waals surface area contributed by atoms with Gasteiger partial charge in [-0.1, -0.05) is 30.3 Å². The molecule has 0 spiro atoms. The van der Waals surface area contributed by atoms with E-state index in [0.717, 1.165) is 34.6 Å². The number of imide groups is 1. The SMILES string of the molecule is COc1ccc(NC(=O)CN2C(=O)NC(C)(C3CC3)C2=O)cc1Cc1ccccc1. The molecule has 4 rings (SSSR count). The lowest BCUT2D eigenvalue weighted by molar-refractivity contribution is -0.134. The molecule has 1 unspecified atom stereocenters. The molecule has 0 bridgehead atoms. The fourth-order valence-corrected chi connectivity index (χ4v) is 3.95. The van der Waals surface area contributed by atoms with Crippen LogP contribution in [0.1, 0.15) is 30.9 Å². The highest BCUT2D eigenvalue weighted by Gasteiger charge is 2.56. The fraction of sp³-hybridized carbons (Fsp3) is 0.348. The van der Waals surface area contributed by atoms with Crippen LogP contribution in [0.4, 0.5) is 10.5 Å². The van der Waals surface area contributed by atoms with Crippen LogP contribution < -0.4 is 15.4 Å². The number of methoxy groups -OCH3 is 1. The van der Waals surface area contributed by atoms with E-state index in [9.17, 15) is 14.4 Å². The Bertz CT molecular complexity index is 987. The maximum Gasteiger partial charge on any atom is 0.325 e. The summed E-state index contributed by atoms with van der Waals surface area (Å²) in [6.45, 7) is 1.43. The molecule has 2 aromatic rings. The van der Waals surface area contributed by atoms with Gasteiger partial charge >= 0.3 is 6.03 Å². The van der Waals surface area contributed by atoms with Gasteiger partial charge in [0.2, 0.25) is 5.91 Å². The van der Waals surface area contributed by atoms with Gasteiger partial charge in [0.25, 0.3) is 5.91 Å². The zero-order valence-corrected chi connectivity index (χ0v) is 17.1. The Morgan fingerprint density at radius 2 is 1.93 bits per heavy atom. The van der Waals surface area contributed by atoms with Crippen molar-refractivity contribution in [2.24, 2.45) is 5.92 Å². The normalized spacial score (nSPS) is 20.8. The third-order valence-corrected chi connectivity index (χ3v) is 5.80. The second-order valence-corrected chi connectivity index (χ2v) is 8.04. The van der Waals surface area contributed by atoms with Gasteiger partial charge in [-0.3, -0.25) is 14.5 Å². The molecule has 7 nitrogen and oxygen atoms in total. The van der Waals surface area contributed by atoms with Crippen LogP contribution in [0.25, 0.3) is 0 Å². The Balaban J connectivity index is 1.45. The Kier molecular flexibility index (Phi) is 5.20. The zero-order chi connectivity index (χ0) is 21.3. The first-order valence-electron chi connectivity index (χ1n) is 10.1. The molecule has 1 aliphatic carbocycles. The van der Waals surface area contributed by atoms with Crippen LogP contribution in [-0.4, -0.2) is 41.9 Å². The summed E-state index contributed by atoms with van der Waals surface area (Å²) in [5, 5.41) is 5.54. The summed E-state index contributed by atoms with van der Waals surface area (Å²) in [5.74, 6) is 0.134. The second-order valence-electron chi connectivity index (χ2n) is 8.04. The van der Waals surface area contributed by atoms with Crippen molar-refractivity contribution in [3.05, 3.63) is 59.7 Å². The van der Waals surface area contributed by atoms with E-state index in [1.54, 1.807) is 26.2 Å². The van der Waals surface area contributed by atoms with Crippen molar-refractivity contribution in [2.75, 3.05) is 19.0 Å². The van der Waals surface area contributed by atoms with Gasteiger partial charge in [-0.25, -0.2) is 4.79 Å². The topological polar surface area (TPSA) is 87.7 Å². The number of carbonyl (C=O) groups is 3. The van der Waals surface area contributed by atoms with Gasteiger partial charge in [0.1, 0.15) is 17.8 Å². The van der Waals surface area contributed by atoms with E-state index in [-0.39, 0.29) is 18.4 Å². The van der Waals surface area contributed by atoms with Gasteiger partial charge in [-0.15, -0.1) is 0 Å². The summed E-state index contributed by atoms with van der Waals surface area (Å²) >= 11 is 0. The highest BCUT2D eigenvalue weighted by Crippen LogP contribution is 2.42. The highest BCUT2D eigenvalue weighted by atomic mass is 16.5. The predicted molar refractivity (Wildman–Crippen MR) is 112 cm³/mol. The van der Waals surface area contributed by atoms with Crippen molar-refractivity contribution in [3.8, 4) is 5.75 Å². The van der Waals surface area contributed by atoms with Crippen LogP contribution in [-0.2, 0) is 16.0 Å². The lowest BCUT2D eigenvalue weighted by Gasteiger charge is -2.20. The molecule has 4 amide bonds. The van der Waals surface area contributed by atoms with Crippen molar-refractivity contribution < 1.29 is 19.1 Å². The van der Waals surface area contributed by atoms with E-state index < -0.39 is 17.5 Å². The summed E-state index contributed by atoms with van der Waals surface area (Å²) in [5.41, 5.74) is 1.75. The molecule has 1 heterocycles. The van der Waals surface area contributed by atoms with Crippen molar-refractivity contribution >= 4 is 23.5 Å². The van der Waals surface area contributed by atoms with E-state index in [1.807, 2.05) is 36.4 Å². The number of hydrogen-bond acceptors (Lipinski definition) is 4. The van der Waals surface area contributed by atoms with E-state index in [1.165, 1.54) is 0 Å². The molecule has 7 heteroatoms. The smallest absolute Gasteiger partial charge is 0.325 e. The fourth-order valence-electron chi connectivity index (χ4n) is 3.95. The Morgan fingerprint density at radius 1 is 1.20 bits per heavy atom. The molecule has 1 saturated carbocycles. The Hall–Kier alpha value is -3.35. The molecular formula is C23H25N3O4. The van der Waals surface area contributed by atoms with Gasteiger partial charge in [0.05, 0.1) is 7.11 Å². The Morgan fingerprint density at radius 3 is 2.60 bits per heavy atom. The van der Waals surface area contributed by atoms with Crippen LogP contribution >= 0.6 is 0 Å². The predicted octanol–water partition coefficient (Wildman–Crippen LogP) is 2.95. The first-order chi connectivity index (χ1) is 14.4. The molecule has 0 radical (unpaired) electrons. The average molecular weight is 407 g/mol. The summed E-state index contributed by atoms with van der Waals surface area (Å²) in [4.78, 5) is 38.5. The number of urea groups is 1.